The van der Waals surface area contributed by atoms with Gasteiger partial charge in [0.25, 0.3) is 0 Å². The predicted molar refractivity (Wildman–Crippen MR) is 113 cm³/mol. The van der Waals surface area contributed by atoms with Gasteiger partial charge in [-0.25, -0.2) is 4.98 Å². The Balaban J connectivity index is 1.38. The molecule has 0 saturated heterocycles. The van der Waals surface area contributed by atoms with E-state index in [0.717, 1.165) is 27.4 Å². The SMILES string of the molecule is CN(C(=O)CSCc1nc2ccccc2s1)c1ccc2ccccc2c1. The molecule has 0 radical (unpaired) electrons. The quantitative estimate of drug-likeness (QED) is 0.470. The second-order valence-electron chi connectivity index (χ2n) is 6.05. The Kier molecular flexibility index (Phi) is 4.91. The van der Waals surface area contributed by atoms with Crippen LogP contribution in [0.3, 0.4) is 0 Å². The molecule has 0 spiro atoms. The van der Waals surface area contributed by atoms with Crippen molar-refractivity contribution in [3.8, 4) is 0 Å². The van der Waals surface area contributed by atoms with E-state index >= 15 is 0 Å². The Morgan fingerprint density at radius 2 is 1.81 bits per heavy atom. The molecular weight excluding hydrogens is 360 g/mol. The van der Waals surface area contributed by atoms with E-state index in [2.05, 4.69) is 35.3 Å². The standard InChI is InChI=1S/C21H18N2OS2/c1-23(17-11-10-15-6-2-3-7-16(15)12-17)21(24)14-25-13-20-22-18-8-4-5-9-19(18)26-20/h2-12H,13-14H2,1H3. The largest absolute Gasteiger partial charge is 0.315 e. The fourth-order valence-corrected chi connectivity index (χ4v) is 4.79. The molecule has 0 unspecified atom stereocenters. The van der Waals surface area contributed by atoms with Crippen LogP contribution in [-0.4, -0.2) is 23.7 Å². The molecule has 130 valence electrons. The molecule has 0 aliphatic heterocycles. The summed E-state index contributed by atoms with van der Waals surface area (Å²) in [6.45, 7) is 0. The van der Waals surface area contributed by atoms with E-state index < -0.39 is 0 Å². The van der Waals surface area contributed by atoms with Crippen LogP contribution >= 0.6 is 23.1 Å². The number of fused-ring (bicyclic) bond motifs is 2. The molecule has 0 bridgehead atoms. The lowest BCUT2D eigenvalue weighted by Crippen LogP contribution is -2.27. The first-order valence-corrected chi connectivity index (χ1v) is 10.4. The molecule has 1 aromatic heterocycles. The molecule has 1 amide bonds. The summed E-state index contributed by atoms with van der Waals surface area (Å²) in [6.07, 6.45) is 0. The van der Waals surface area contributed by atoms with Crippen LogP contribution in [0.1, 0.15) is 5.01 Å². The van der Waals surface area contributed by atoms with Gasteiger partial charge >= 0.3 is 0 Å². The smallest absolute Gasteiger partial charge is 0.236 e. The highest BCUT2D eigenvalue weighted by molar-refractivity contribution is 7.99. The fraction of sp³-hybridized carbons (Fsp3) is 0.143. The van der Waals surface area contributed by atoms with Crippen LogP contribution in [0, 0.1) is 0 Å². The molecule has 4 aromatic rings. The van der Waals surface area contributed by atoms with Crippen molar-refractivity contribution in [2.45, 2.75) is 5.75 Å². The Hall–Kier alpha value is -2.37. The zero-order chi connectivity index (χ0) is 17.9. The number of nitrogens with zero attached hydrogens (tertiary/aromatic N) is 2. The number of hydrogen-bond acceptors (Lipinski definition) is 4. The Labute approximate surface area is 160 Å². The first-order valence-electron chi connectivity index (χ1n) is 8.38. The molecular formula is C21H18N2OS2. The first-order chi connectivity index (χ1) is 12.7. The van der Waals surface area contributed by atoms with Crippen molar-refractivity contribution in [3.05, 3.63) is 71.7 Å². The summed E-state index contributed by atoms with van der Waals surface area (Å²) in [5.74, 6) is 1.31. The van der Waals surface area contributed by atoms with Crippen molar-refractivity contribution in [1.82, 2.24) is 4.98 Å². The van der Waals surface area contributed by atoms with Gasteiger partial charge in [-0.15, -0.1) is 23.1 Å². The third-order valence-electron chi connectivity index (χ3n) is 4.28. The van der Waals surface area contributed by atoms with E-state index in [-0.39, 0.29) is 5.91 Å². The molecule has 1 heterocycles. The van der Waals surface area contributed by atoms with Gasteiger partial charge in [0.05, 0.1) is 16.0 Å². The number of anilines is 1. The van der Waals surface area contributed by atoms with E-state index in [9.17, 15) is 4.79 Å². The minimum absolute atomic E-state index is 0.103. The summed E-state index contributed by atoms with van der Waals surface area (Å²) in [5.41, 5.74) is 1.96. The zero-order valence-electron chi connectivity index (χ0n) is 14.4. The summed E-state index contributed by atoms with van der Waals surface area (Å²) in [7, 11) is 1.84. The van der Waals surface area contributed by atoms with E-state index in [1.807, 2.05) is 43.4 Å². The monoisotopic (exact) mass is 378 g/mol. The molecule has 26 heavy (non-hydrogen) atoms. The maximum Gasteiger partial charge on any atom is 0.236 e. The number of para-hydroxylation sites is 1. The number of hydrogen-bond donors (Lipinski definition) is 0. The van der Waals surface area contributed by atoms with E-state index in [0.29, 0.717) is 5.75 Å². The topological polar surface area (TPSA) is 33.2 Å². The van der Waals surface area contributed by atoms with Crippen LogP contribution in [-0.2, 0) is 10.5 Å². The first kappa shape index (κ1) is 17.1. The molecule has 3 nitrogen and oxygen atoms in total. The minimum atomic E-state index is 0.103. The van der Waals surface area contributed by atoms with Crippen molar-refractivity contribution >= 4 is 55.7 Å². The van der Waals surface area contributed by atoms with E-state index in [1.54, 1.807) is 28.0 Å². The molecule has 5 heteroatoms. The van der Waals surface area contributed by atoms with Gasteiger partial charge in [0.15, 0.2) is 0 Å². The highest BCUT2D eigenvalue weighted by atomic mass is 32.2. The number of aromatic nitrogens is 1. The summed E-state index contributed by atoms with van der Waals surface area (Å²) in [6, 6.07) is 22.4. The van der Waals surface area contributed by atoms with Crippen LogP contribution < -0.4 is 4.90 Å². The van der Waals surface area contributed by atoms with Crippen molar-refractivity contribution < 1.29 is 4.79 Å². The molecule has 0 aliphatic rings. The van der Waals surface area contributed by atoms with Gasteiger partial charge in [-0.1, -0.05) is 42.5 Å². The third-order valence-corrected chi connectivity index (χ3v) is 6.43. The van der Waals surface area contributed by atoms with Crippen molar-refractivity contribution in [2.75, 3.05) is 17.7 Å². The van der Waals surface area contributed by atoms with Crippen LogP contribution in [0.5, 0.6) is 0 Å². The summed E-state index contributed by atoms with van der Waals surface area (Å²) in [4.78, 5) is 18.9. The number of thiazole rings is 1. The summed E-state index contributed by atoms with van der Waals surface area (Å²) < 4.78 is 1.20. The Bertz CT molecular complexity index is 1040. The van der Waals surface area contributed by atoms with Crippen LogP contribution in [0.4, 0.5) is 5.69 Å². The average Bonchev–Trinajstić information content (AvgIpc) is 3.09. The van der Waals surface area contributed by atoms with Crippen molar-refractivity contribution in [1.29, 1.82) is 0 Å². The number of thioether (sulfide) groups is 1. The number of rotatable bonds is 5. The highest BCUT2D eigenvalue weighted by Crippen LogP contribution is 2.26. The normalized spacial score (nSPS) is 11.1. The number of carbonyl (C=O) groups excluding carboxylic acids is 1. The van der Waals surface area contributed by atoms with Crippen molar-refractivity contribution in [2.24, 2.45) is 0 Å². The second kappa shape index (κ2) is 7.48. The maximum atomic E-state index is 12.5. The lowest BCUT2D eigenvalue weighted by Gasteiger charge is -2.17. The molecule has 0 N–H and O–H groups in total. The molecule has 0 atom stereocenters. The second-order valence-corrected chi connectivity index (χ2v) is 8.15. The molecule has 0 aliphatic carbocycles. The average molecular weight is 379 g/mol. The van der Waals surface area contributed by atoms with Crippen LogP contribution in [0.15, 0.2) is 66.7 Å². The van der Waals surface area contributed by atoms with E-state index in [1.165, 1.54) is 10.1 Å². The fourth-order valence-electron chi connectivity index (χ4n) is 2.83. The van der Waals surface area contributed by atoms with Gasteiger partial charge in [-0.05, 0) is 35.0 Å². The highest BCUT2D eigenvalue weighted by Gasteiger charge is 2.12. The van der Waals surface area contributed by atoms with Crippen LogP contribution in [0.25, 0.3) is 21.0 Å². The molecule has 4 rings (SSSR count). The van der Waals surface area contributed by atoms with Gasteiger partial charge in [-0.2, -0.15) is 0 Å². The van der Waals surface area contributed by atoms with Gasteiger partial charge in [0.2, 0.25) is 5.91 Å². The Morgan fingerprint density at radius 1 is 1.04 bits per heavy atom. The number of carbonyl (C=O) groups is 1. The van der Waals surface area contributed by atoms with Gasteiger partial charge < -0.3 is 4.90 Å². The summed E-state index contributed by atoms with van der Waals surface area (Å²) >= 11 is 3.31. The summed E-state index contributed by atoms with van der Waals surface area (Å²) in [5, 5.41) is 3.39. The lowest BCUT2D eigenvalue weighted by atomic mass is 10.1. The van der Waals surface area contributed by atoms with Gasteiger partial charge in [0, 0.05) is 18.5 Å². The zero-order valence-corrected chi connectivity index (χ0v) is 16.0. The Morgan fingerprint density at radius 3 is 2.65 bits per heavy atom. The molecule has 0 fully saturated rings. The maximum absolute atomic E-state index is 12.5. The lowest BCUT2D eigenvalue weighted by molar-refractivity contribution is -0.115. The molecule has 0 saturated carbocycles. The van der Waals surface area contributed by atoms with Crippen LogP contribution in [0.2, 0.25) is 0 Å². The third kappa shape index (κ3) is 3.59. The predicted octanol–water partition coefficient (Wildman–Crippen LogP) is 5.35. The number of amides is 1. The molecule has 3 aromatic carbocycles. The van der Waals surface area contributed by atoms with Gasteiger partial charge in [0.1, 0.15) is 5.01 Å². The van der Waals surface area contributed by atoms with Gasteiger partial charge in [-0.3, -0.25) is 4.79 Å². The minimum Gasteiger partial charge on any atom is -0.315 e. The van der Waals surface area contributed by atoms with E-state index in [4.69, 9.17) is 0 Å². The number of benzene rings is 3. The van der Waals surface area contributed by atoms with Crippen molar-refractivity contribution in [3.63, 3.8) is 0 Å².